The van der Waals surface area contributed by atoms with Crippen molar-refractivity contribution in [3.8, 4) is 5.88 Å². The van der Waals surface area contributed by atoms with Gasteiger partial charge >= 0.3 is 0 Å². The standard InChI is InChI=1S/C13H18N4O2S/c18-11-10(8-14-16-6-2-1-3-7-16)12(19)17(9-4-5-9)13(20)15-11/h8-9,19H,1-7H2,(H,15,18,20). The highest BCUT2D eigenvalue weighted by Crippen LogP contribution is 2.37. The van der Waals surface area contributed by atoms with Crippen LogP contribution >= 0.6 is 12.2 Å². The van der Waals surface area contributed by atoms with Gasteiger partial charge in [0.05, 0.1) is 6.21 Å². The number of hydrogen-bond acceptors (Lipinski definition) is 5. The van der Waals surface area contributed by atoms with Gasteiger partial charge in [0.2, 0.25) is 5.88 Å². The van der Waals surface area contributed by atoms with E-state index in [4.69, 9.17) is 12.2 Å². The summed E-state index contributed by atoms with van der Waals surface area (Å²) in [6.07, 6.45) is 6.88. The minimum atomic E-state index is -0.384. The molecular weight excluding hydrogens is 276 g/mol. The zero-order valence-electron chi connectivity index (χ0n) is 11.2. The summed E-state index contributed by atoms with van der Waals surface area (Å²) in [5.41, 5.74) is -0.193. The molecule has 1 saturated carbocycles. The average molecular weight is 294 g/mol. The fourth-order valence-corrected chi connectivity index (χ4v) is 2.80. The number of hydrogen-bond donors (Lipinski definition) is 2. The fourth-order valence-electron chi connectivity index (χ4n) is 2.47. The number of piperidine rings is 1. The van der Waals surface area contributed by atoms with Crippen molar-refractivity contribution >= 4 is 18.4 Å². The molecule has 7 heteroatoms. The van der Waals surface area contributed by atoms with Crippen LogP contribution in [0.4, 0.5) is 0 Å². The van der Waals surface area contributed by atoms with Crippen molar-refractivity contribution in [1.29, 1.82) is 0 Å². The summed E-state index contributed by atoms with van der Waals surface area (Å²) in [5.74, 6) is -0.0676. The van der Waals surface area contributed by atoms with Gasteiger partial charge in [0, 0.05) is 19.1 Å². The predicted octanol–water partition coefficient (Wildman–Crippen LogP) is 1.77. The van der Waals surface area contributed by atoms with Crippen LogP contribution in [-0.4, -0.2) is 39.0 Å². The summed E-state index contributed by atoms with van der Waals surface area (Å²) in [7, 11) is 0. The van der Waals surface area contributed by atoms with Crippen LogP contribution in [-0.2, 0) is 0 Å². The summed E-state index contributed by atoms with van der Waals surface area (Å²) in [6.45, 7) is 1.80. The molecule has 0 aromatic carbocycles. The summed E-state index contributed by atoms with van der Waals surface area (Å²) >= 11 is 5.10. The van der Waals surface area contributed by atoms with E-state index in [1.807, 2.05) is 5.01 Å². The number of aromatic hydroxyl groups is 1. The Morgan fingerprint density at radius 1 is 1.30 bits per heavy atom. The maximum Gasteiger partial charge on any atom is 0.264 e. The maximum atomic E-state index is 11.9. The van der Waals surface area contributed by atoms with Crippen molar-refractivity contribution in [3.63, 3.8) is 0 Å². The van der Waals surface area contributed by atoms with E-state index in [9.17, 15) is 9.90 Å². The number of nitrogens with zero attached hydrogens (tertiary/aromatic N) is 3. The molecule has 6 nitrogen and oxygen atoms in total. The van der Waals surface area contributed by atoms with E-state index in [1.165, 1.54) is 12.6 Å². The number of nitrogens with one attached hydrogen (secondary N) is 1. The number of hydrazone groups is 1. The minimum absolute atomic E-state index is 0.0676. The Labute approximate surface area is 121 Å². The highest BCUT2D eigenvalue weighted by Gasteiger charge is 2.27. The predicted molar refractivity (Wildman–Crippen MR) is 78.8 cm³/mol. The number of H-pyrrole nitrogens is 1. The largest absolute Gasteiger partial charge is 0.494 e. The van der Waals surface area contributed by atoms with Crippen molar-refractivity contribution in [2.24, 2.45) is 5.10 Å². The molecular formula is C13H18N4O2S. The first-order valence-electron chi connectivity index (χ1n) is 7.03. The average Bonchev–Trinajstić information content (AvgIpc) is 3.24. The number of aromatic nitrogens is 2. The van der Waals surface area contributed by atoms with Crippen LogP contribution < -0.4 is 5.56 Å². The zero-order valence-corrected chi connectivity index (χ0v) is 12.0. The van der Waals surface area contributed by atoms with Crippen molar-refractivity contribution in [3.05, 3.63) is 20.7 Å². The quantitative estimate of drug-likeness (QED) is 0.658. The summed E-state index contributed by atoms with van der Waals surface area (Å²) in [4.78, 5) is 14.5. The third-order valence-corrected chi connectivity index (χ3v) is 4.05. The second kappa shape index (κ2) is 5.40. The van der Waals surface area contributed by atoms with Crippen molar-refractivity contribution in [2.45, 2.75) is 38.1 Å². The molecule has 0 radical (unpaired) electrons. The van der Waals surface area contributed by atoms with Gasteiger partial charge in [0.25, 0.3) is 5.56 Å². The summed E-state index contributed by atoms with van der Waals surface area (Å²) in [6, 6.07) is 0.210. The molecule has 2 heterocycles. The molecule has 1 aromatic rings. The molecule has 20 heavy (non-hydrogen) atoms. The Bertz CT molecular complexity index is 639. The van der Waals surface area contributed by atoms with Gasteiger partial charge in [0.15, 0.2) is 4.77 Å². The molecule has 3 rings (SSSR count). The van der Waals surface area contributed by atoms with Crippen LogP contribution in [0.1, 0.15) is 43.7 Å². The lowest BCUT2D eigenvalue weighted by atomic mass is 10.2. The highest BCUT2D eigenvalue weighted by molar-refractivity contribution is 7.71. The first kappa shape index (κ1) is 13.4. The summed E-state index contributed by atoms with van der Waals surface area (Å²) in [5, 5.41) is 16.5. The van der Waals surface area contributed by atoms with Crippen molar-refractivity contribution < 1.29 is 5.11 Å². The lowest BCUT2D eigenvalue weighted by molar-refractivity contribution is 0.240. The lowest BCUT2D eigenvalue weighted by Gasteiger charge is -2.23. The first-order valence-corrected chi connectivity index (χ1v) is 7.44. The molecule has 0 amide bonds. The van der Waals surface area contributed by atoms with Crippen molar-refractivity contribution in [2.75, 3.05) is 13.1 Å². The van der Waals surface area contributed by atoms with Crippen LogP contribution in [0.15, 0.2) is 9.90 Å². The van der Waals surface area contributed by atoms with Crippen molar-refractivity contribution in [1.82, 2.24) is 14.6 Å². The van der Waals surface area contributed by atoms with Crippen LogP contribution in [0.2, 0.25) is 0 Å². The van der Waals surface area contributed by atoms with E-state index in [2.05, 4.69) is 10.1 Å². The molecule has 1 aliphatic carbocycles. The van der Waals surface area contributed by atoms with E-state index in [0.717, 1.165) is 38.8 Å². The van der Waals surface area contributed by atoms with Gasteiger partial charge in [-0.05, 0) is 44.3 Å². The Hall–Kier alpha value is -1.63. The second-order valence-corrected chi connectivity index (χ2v) is 5.74. The molecule has 1 saturated heterocycles. The molecule has 0 unspecified atom stereocenters. The van der Waals surface area contributed by atoms with E-state index < -0.39 is 0 Å². The van der Waals surface area contributed by atoms with Crippen LogP contribution in [0.5, 0.6) is 5.88 Å². The third-order valence-electron chi connectivity index (χ3n) is 3.75. The molecule has 0 atom stereocenters. The van der Waals surface area contributed by atoms with E-state index in [-0.39, 0.29) is 27.8 Å². The normalized spacial score (nSPS) is 19.7. The Balaban J connectivity index is 1.92. The lowest BCUT2D eigenvalue weighted by Crippen LogP contribution is -2.25. The molecule has 2 aliphatic rings. The topological polar surface area (TPSA) is 73.6 Å². The van der Waals surface area contributed by atoms with E-state index in [0.29, 0.717) is 0 Å². The molecule has 0 spiro atoms. The van der Waals surface area contributed by atoms with E-state index >= 15 is 0 Å². The minimum Gasteiger partial charge on any atom is -0.494 e. The molecule has 108 valence electrons. The Kier molecular flexibility index (Phi) is 3.60. The smallest absolute Gasteiger partial charge is 0.264 e. The molecule has 1 aromatic heterocycles. The Morgan fingerprint density at radius 2 is 2.00 bits per heavy atom. The van der Waals surface area contributed by atoms with E-state index in [1.54, 1.807) is 4.57 Å². The van der Waals surface area contributed by atoms with Gasteiger partial charge in [-0.1, -0.05) is 0 Å². The van der Waals surface area contributed by atoms with Gasteiger partial charge in [-0.2, -0.15) is 5.10 Å². The van der Waals surface area contributed by atoms with Gasteiger partial charge in [-0.3, -0.25) is 19.4 Å². The third kappa shape index (κ3) is 2.63. The van der Waals surface area contributed by atoms with Crippen LogP contribution in [0, 0.1) is 4.77 Å². The monoisotopic (exact) mass is 294 g/mol. The van der Waals surface area contributed by atoms with Gasteiger partial charge in [-0.15, -0.1) is 0 Å². The summed E-state index contributed by atoms with van der Waals surface area (Å²) < 4.78 is 1.90. The SMILES string of the molecule is O=c1[nH]c(=S)n(C2CC2)c(O)c1C=NN1CCCCC1. The second-order valence-electron chi connectivity index (χ2n) is 5.36. The Morgan fingerprint density at radius 3 is 2.65 bits per heavy atom. The van der Waals surface area contributed by atoms with Gasteiger partial charge < -0.3 is 5.11 Å². The number of aromatic amines is 1. The molecule has 2 N–H and O–H groups in total. The first-order chi connectivity index (χ1) is 9.66. The maximum absolute atomic E-state index is 11.9. The zero-order chi connectivity index (χ0) is 14.1. The van der Waals surface area contributed by atoms with Gasteiger partial charge in [-0.25, -0.2) is 0 Å². The fraction of sp³-hybridized carbons (Fsp3) is 0.615. The molecule has 1 aliphatic heterocycles. The number of rotatable bonds is 3. The molecule has 2 fully saturated rings. The molecule has 0 bridgehead atoms. The van der Waals surface area contributed by atoms with Gasteiger partial charge in [0.1, 0.15) is 5.56 Å². The highest BCUT2D eigenvalue weighted by atomic mass is 32.1. The van der Waals surface area contributed by atoms with Crippen LogP contribution in [0.25, 0.3) is 0 Å². The van der Waals surface area contributed by atoms with Crippen LogP contribution in [0.3, 0.4) is 0 Å².